The fourth-order valence-electron chi connectivity index (χ4n) is 3.94. The van der Waals surface area contributed by atoms with Crippen LogP contribution in [0.15, 0.2) is 18.2 Å². The summed E-state index contributed by atoms with van der Waals surface area (Å²) in [6, 6.07) is 6.11. The van der Waals surface area contributed by atoms with Gasteiger partial charge in [0.25, 0.3) is 0 Å². The molecule has 0 bridgehead atoms. The van der Waals surface area contributed by atoms with Crippen molar-refractivity contribution in [2.75, 3.05) is 32.9 Å². The Kier molecular flexibility index (Phi) is 4.72. The number of esters is 1. The van der Waals surface area contributed by atoms with Crippen molar-refractivity contribution in [3.63, 3.8) is 0 Å². The summed E-state index contributed by atoms with van der Waals surface area (Å²) in [5, 5.41) is 0. The predicted molar refractivity (Wildman–Crippen MR) is 89.2 cm³/mol. The van der Waals surface area contributed by atoms with E-state index in [9.17, 15) is 4.79 Å². The Balaban J connectivity index is 1.35. The highest BCUT2D eigenvalue weighted by Gasteiger charge is 2.27. The highest BCUT2D eigenvalue weighted by molar-refractivity contribution is 5.93. The van der Waals surface area contributed by atoms with Crippen molar-refractivity contribution in [3.8, 4) is 5.75 Å². The molecular formula is C19H25NO4. The SMILES string of the molecule is O=C1OCc2cc(OCC3CCCCN3CC3CCOC3)ccc21. The van der Waals surface area contributed by atoms with Crippen LogP contribution in [0.1, 0.15) is 41.6 Å². The Morgan fingerprint density at radius 1 is 1.25 bits per heavy atom. The van der Waals surface area contributed by atoms with Crippen molar-refractivity contribution >= 4 is 5.97 Å². The van der Waals surface area contributed by atoms with Crippen LogP contribution in [0.5, 0.6) is 5.75 Å². The zero-order valence-electron chi connectivity index (χ0n) is 14.0. The first-order valence-corrected chi connectivity index (χ1v) is 9.04. The van der Waals surface area contributed by atoms with E-state index in [1.54, 1.807) is 0 Å². The Hall–Kier alpha value is -1.59. The van der Waals surface area contributed by atoms with Crippen LogP contribution in [0.2, 0.25) is 0 Å². The topological polar surface area (TPSA) is 48.0 Å². The first kappa shape index (κ1) is 15.9. The van der Waals surface area contributed by atoms with Gasteiger partial charge in [-0.1, -0.05) is 6.42 Å². The number of cyclic esters (lactones) is 1. The van der Waals surface area contributed by atoms with E-state index in [2.05, 4.69) is 4.90 Å². The van der Waals surface area contributed by atoms with Gasteiger partial charge in [-0.2, -0.15) is 0 Å². The molecule has 0 amide bonds. The molecule has 1 aromatic carbocycles. The minimum atomic E-state index is -0.228. The van der Waals surface area contributed by atoms with Gasteiger partial charge in [0, 0.05) is 24.8 Å². The second-order valence-electron chi connectivity index (χ2n) is 7.08. The summed E-state index contributed by atoms with van der Waals surface area (Å²) < 4.78 is 16.6. The number of carbonyl (C=O) groups is 1. The van der Waals surface area contributed by atoms with Crippen molar-refractivity contribution in [1.29, 1.82) is 0 Å². The zero-order valence-corrected chi connectivity index (χ0v) is 14.0. The largest absolute Gasteiger partial charge is 0.492 e. The second kappa shape index (κ2) is 7.11. The molecule has 130 valence electrons. The Labute approximate surface area is 142 Å². The summed E-state index contributed by atoms with van der Waals surface area (Å²) in [7, 11) is 0. The number of hydrogen-bond donors (Lipinski definition) is 0. The third-order valence-corrected chi connectivity index (χ3v) is 5.36. The number of likely N-dealkylation sites (tertiary alicyclic amines) is 1. The number of hydrogen-bond acceptors (Lipinski definition) is 5. The molecule has 3 heterocycles. The smallest absolute Gasteiger partial charge is 0.338 e. The van der Waals surface area contributed by atoms with Gasteiger partial charge in [-0.3, -0.25) is 4.90 Å². The average molecular weight is 331 g/mol. The van der Waals surface area contributed by atoms with E-state index in [1.807, 2.05) is 18.2 Å². The van der Waals surface area contributed by atoms with E-state index < -0.39 is 0 Å². The normalized spacial score (nSPS) is 27.1. The molecule has 0 aromatic heterocycles. The molecule has 3 aliphatic heterocycles. The van der Waals surface area contributed by atoms with Crippen LogP contribution in [0, 0.1) is 5.92 Å². The van der Waals surface area contributed by atoms with Crippen molar-refractivity contribution in [3.05, 3.63) is 29.3 Å². The highest BCUT2D eigenvalue weighted by Crippen LogP contribution is 2.26. The summed E-state index contributed by atoms with van der Waals surface area (Å²) in [4.78, 5) is 14.1. The minimum absolute atomic E-state index is 0.228. The molecule has 0 radical (unpaired) electrons. The maximum Gasteiger partial charge on any atom is 0.338 e. The van der Waals surface area contributed by atoms with Gasteiger partial charge in [-0.05, 0) is 49.9 Å². The zero-order chi connectivity index (χ0) is 16.4. The molecule has 2 unspecified atom stereocenters. The number of carbonyl (C=O) groups excluding carboxylic acids is 1. The van der Waals surface area contributed by atoms with Crippen LogP contribution in [0.4, 0.5) is 0 Å². The van der Waals surface area contributed by atoms with E-state index in [0.29, 0.717) is 30.7 Å². The molecule has 0 N–H and O–H groups in total. The van der Waals surface area contributed by atoms with Gasteiger partial charge in [-0.15, -0.1) is 0 Å². The van der Waals surface area contributed by atoms with Crippen LogP contribution in [0.3, 0.4) is 0 Å². The fourth-order valence-corrected chi connectivity index (χ4v) is 3.94. The van der Waals surface area contributed by atoms with Gasteiger partial charge in [0.15, 0.2) is 0 Å². The quantitative estimate of drug-likeness (QED) is 0.776. The standard InChI is InChI=1S/C19H25NO4/c21-19-18-5-4-17(9-15(18)12-24-19)23-13-16-3-1-2-7-20(16)10-14-6-8-22-11-14/h4-5,9,14,16H,1-3,6-8,10-13H2. The van der Waals surface area contributed by atoms with E-state index in [4.69, 9.17) is 14.2 Å². The van der Waals surface area contributed by atoms with Gasteiger partial charge >= 0.3 is 5.97 Å². The first-order chi connectivity index (χ1) is 11.8. The molecule has 0 saturated carbocycles. The molecule has 2 saturated heterocycles. The lowest BCUT2D eigenvalue weighted by molar-refractivity contribution is 0.0535. The summed E-state index contributed by atoms with van der Waals surface area (Å²) in [5.74, 6) is 1.28. The summed E-state index contributed by atoms with van der Waals surface area (Å²) in [6.07, 6.45) is 4.93. The van der Waals surface area contributed by atoms with Crippen LogP contribution >= 0.6 is 0 Å². The molecule has 0 spiro atoms. The minimum Gasteiger partial charge on any atom is -0.492 e. The number of nitrogens with zero attached hydrogens (tertiary/aromatic N) is 1. The lowest BCUT2D eigenvalue weighted by Crippen LogP contribution is -2.45. The van der Waals surface area contributed by atoms with Crippen molar-refractivity contribution in [1.82, 2.24) is 4.90 Å². The monoisotopic (exact) mass is 331 g/mol. The molecule has 2 atom stereocenters. The molecule has 5 nitrogen and oxygen atoms in total. The number of piperidine rings is 1. The van der Waals surface area contributed by atoms with Crippen molar-refractivity contribution < 1.29 is 19.0 Å². The maximum absolute atomic E-state index is 11.5. The molecule has 2 fully saturated rings. The molecule has 0 aliphatic carbocycles. The lowest BCUT2D eigenvalue weighted by atomic mass is 10.00. The number of rotatable bonds is 5. The molecule has 4 rings (SSSR count). The van der Waals surface area contributed by atoms with E-state index >= 15 is 0 Å². The Bertz CT molecular complexity index is 597. The molecule has 5 heteroatoms. The molecular weight excluding hydrogens is 306 g/mol. The summed E-state index contributed by atoms with van der Waals surface area (Å²) >= 11 is 0. The van der Waals surface area contributed by atoms with Crippen LogP contribution in [0.25, 0.3) is 0 Å². The Morgan fingerprint density at radius 3 is 3.08 bits per heavy atom. The van der Waals surface area contributed by atoms with Gasteiger partial charge in [0.05, 0.1) is 12.2 Å². The second-order valence-corrected chi connectivity index (χ2v) is 7.08. The first-order valence-electron chi connectivity index (χ1n) is 9.04. The van der Waals surface area contributed by atoms with Crippen LogP contribution in [-0.2, 0) is 16.1 Å². The Morgan fingerprint density at radius 2 is 2.21 bits per heavy atom. The predicted octanol–water partition coefficient (Wildman–Crippen LogP) is 2.63. The van der Waals surface area contributed by atoms with E-state index in [-0.39, 0.29) is 5.97 Å². The number of benzene rings is 1. The van der Waals surface area contributed by atoms with Gasteiger partial charge in [0.2, 0.25) is 0 Å². The van der Waals surface area contributed by atoms with E-state index in [0.717, 1.165) is 37.6 Å². The van der Waals surface area contributed by atoms with E-state index in [1.165, 1.54) is 25.7 Å². The maximum atomic E-state index is 11.5. The number of ether oxygens (including phenoxy) is 3. The van der Waals surface area contributed by atoms with Crippen LogP contribution < -0.4 is 4.74 Å². The molecule has 1 aromatic rings. The summed E-state index contributed by atoms with van der Waals surface area (Å²) in [5.41, 5.74) is 1.60. The third kappa shape index (κ3) is 3.42. The van der Waals surface area contributed by atoms with Crippen LogP contribution in [-0.4, -0.2) is 49.8 Å². The fraction of sp³-hybridized carbons (Fsp3) is 0.632. The molecule has 24 heavy (non-hydrogen) atoms. The lowest BCUT2D eigenvalue weighted by Gasteiger charge is -2.36. The average Bonchev–Trinajstić information content (AvgIpc) is 3.24. The van der Waals surface area contributed by atoms with Gasteiger partial charge in [0.1, 0.15) is 19.0 Å². The third-order valence-electron chi connectivity index (χ3n) is 5.36. The highest BCUT2D eigenvalue weighted by atomic mass is 16.5. The summed E-state index contributed by atoms with van der Waals surface area (Å²) in [6.45, 7) is 5.18. The van der Waals surface area contributed by atoms with Gasteiger partial charge in [-0.25, -0.2) is 4.79 Å². The van der Waals surface area contributed by atoms with Gasteiger partial charge < -0.3 is 14.2 Å². The van der Waals surface area contributed by atoms with Crippen molar-refractivity contribution in [2.45, 2.75) is 38.3 Å². The molecule has 3 aliphatic rings. The number of fused-ring (bicyclic) bond motifs is 1. The van der Waals surface area contributed by atoms with Crippen molar-refractivity contribution in [2.24, 2.45) is 5.92 Å².